The molecule has 0 aliphatic carbocycles. The Hall–Kier alpha value is -1.77. The maximum Gasteiger partial charge on any atom is 0.251 e. The molecule has 0 radical (unpaired) electrons. The van der Waals surface area contributed by atoms with Crippen LogP contribution in [0.3, 0.4) is 0 Å². The molecule has 0 fully saturated rings. The molecule has 0 aliphatic heterocycles. The maximum absolute atomic E-state index is 11.5. The van der Waals surface area contributed by atoms with Crippen molar-refractivity contribution in [3.63, 3.8) is 0 Å². The molecule has 1 heterocycles. The minimum absolute atomic E-state index is 0.0415. The molecule has 0 saturated heterocycles. The zero-order valence-electron chi connectivity index (χ0n) is 9.16. The third-order valence-electron chi connectivity index (χ3n) is 2.68. The Morgan fingerprint density at radius 2 is 2.13 bits per heavy atom. The first kappa shape index (κ1) is 9.77. The second kappa shape index (κ2) is 3.42. The first-order valence-electron chi connectivity index (χ1n) is 4.91. The monoisotopic (exact) mass is 202 g/mol. The molecule has 0 bridgehead atoms. The molecular formula is C12H14N2O. The van der Waals surface area contributed by atoms with E-state index in [0.717, 1.165) is 10.9 Å². The lowest BCUT2D eigenvalue weighted by molar-refractivity contribution is 0.0963. The Kier molecular flexibility index (Phi) is 2.23. The molecular weight excluding hydrogens is 188 g/mol. The highest BCUT2D eigenvalue weighted by atomic mass is 16.1. The minimum Gasteiger partial charge on any atom is -0.355 e. The summed E-state index contributed by atoms with van der Waals surface area (Å²) < 4.78 is 2.07. The number of benzene rings is 1. The number of aromatic nitrogens is 1. The molecule has 0 unspecified atom stereocenters. The van der Waals surface area contributed by atoms with E-state index in [9.17, 15) is 4.79 Å². The van der Waals surface area contributed by atoms with E-state index in [1.807, 2.05) is 25.2 Å². The lowest BCUT2D eigenvalue weighted by Gasteiger charge is -2.01. The summed E-state index contributed by atoms with van der Waals surface area (Å²) in [7, 11) is 3.65. The number of hydrogen-bond acceptors (Lipinski definition) is 1. The van der Waals surface area contributed by atoms with E-state index in [-0.39, 0.29) is 5.91 Å². The molecule has 0 saturated carbocycles. The Labute approximate surface area is 88.7 Å². The van der Waals surface area contributed by atoms with Crippen molar-refractivity contribution in [2.45, 2.75) is 6.92 Å². The summed E-state index contributed by atoms with van der Waals surface area (Å²) in [6, 6.07) is 5.76. The van der Waals surface area contributed by atoms with E-state index in [1.165, 1.54) is 5.56 Å². The molecule has 3 heteroatoms. The fourth-order valence-electron chi connectivity index (χ4n) is 1.87. The van der Waals surface area contributed by atoms with Crippen molar-refractivity contribution < 1.29 is 4.79 Å². The van der Waals surface area contributed by atoms with Crippen molar-refractivity contribution in [1.29, 1.82) is 0 Å². The van der Waals surface area contributed by atoms with Gasteiger partial charge >= 0.3 is 0 Å². The lowest BCUT2D eigenvalue weighted by atomic mass is 10.1. The van der Waals surface area contributed by atoms with Gasteiger partial charge in [-0.1, -0.05) is 0 Å². The van der Waals surface area contributed by atoms with Crippen molar-refractivity contribution in [1.82, 2.24) is 9.88 Å². The van der Waals surface area contributed by atoms with Crippen LogP contribution < -0.4 is 5.32 Å². The molecule has 1 aromatic carbocycles. The number of amides is 1. The molecule has 2 aromatic rings. The third kappa shape index (κ3) is 1.50. The number of aryl methyl sites for hydroxylation is 2. The van der Waals surface area contributed by atoms with Crippen LogP contribution in [-0.2, 0) is 7.05 Å². The van der Waals surface area contributed by atoms with Gasteiger partial charge < -0.3 is 9.88 Å². The van der Waals surface area contributed by atoms with Crippen LogP contribution in [0.25, 0.3) is 10.9 Å². The van der Waals surface area contributed by atoms with Crippen LogP contribution in [0.4, 0.5) is 0 Å². The summed E-state index contributed by atoms with van der Waals surface area (Å²) >= 11 is 0. The molecule has 1 amide bonds. The number of rotatable bonds is 1. The highest BCUT2D eigenvalue weighted by Crippen LogP contribution is 2.21. The van der Waals surface area contributed by atoms with Gasteiger partial charge in [-0.05, 0) is 30.7 Å². The first-order chi connectivity index (χ1) is 7.13. The zero-order valence-corrected chi connectivity index (χ0v) is 9.16. The summed E-state index contributed by atoms with van der Waals surface area (Å²) in [4.78, 5) is 11.5. The molecule has 0 spiro atoms. The van der Waals surface area contributed by atoms with Gasteiger partial charge in [0.15, 0.2) is 0 Å². The summed E-state index contributed by atoms with van der Waals surface area (Å²) in [6.07, 6.45) is 2.07. The number of carbonyl (C=O) groups is 1. The van der Waals surface area contributed by atoms with E-state index in [2.05, 4.69) is 23.0 Å². The van der Waals surface area contributed by atoms with E-state index >= 15 is 0 Å². The fourth-order valence-corrected chi connectivity index (χ4v) is 1.87. The second-order valence-electron chi connectivity index (χ2n) is 3.73. The summed E-state index contributed by atoms with van der Waals surface area (Å²) in [5.41, 5.74) is 3.05. The number of fused-ring (bicyclic) bond motifs is 1. The third-order valence-corrected chi connectivity index (χ3v) is 2.68. The van der Waals surface area contributed by atoms with Crippen LogP contribution in [0.5, 0.6) is 0 Å². The summed E-state index contributed by atoms with van der Waals surface area (Å²) in [5.74, 6) is -0.0415. The van der Waals surface area contributed by atoms with E-state index in [1.54, 1.807) is 7.05 Å². The standard InChI is InChI=1S/C12H14N2O/c1-8-7-14(3)11-5-4-9(6-10(8)11)12(15)13-2/h4-7H,1-3H3,(H,13,15). The Bertz CT molecular complexity index is 526. The van der Waals surface area contributed by atoms with Gasteiger partial charge in [-0.2, -0.15) is 0 Å². The largest absolute Gasteiger partial charge is 0.355 e. The Balaban J connectivity index is 2.65. The maximum atomic E-state index is 11.5. The molecule has 15 heavy (non-hydrogen) atoms. The van der Waals surface area contributed by atoms with Gasteiger partial charge in [-0.15, -0.1) is 0 Å². The molecule has 1 aromatic heterocycles. The van der Waals surface area contributed by atoms with Crippen molar-refractivity contribution in [2.24, 2.45) is 7.05 Å². The van der Waals surface area contributed by atoms with E-state index in [4.69, 9.17) is 0 Å². The predicted octanol–water partition coefficient (Wildman–Crippen LogP) is 1.85. The smallest absolute Gasteiger partial charge is 0.251 e. The number of nitrogens with one attached hydrogen (secondary N) is 1. The van der Waals surface area contributed by atoms with Crippen molar-refractivity contribution in [3.05, 3.63) is 35.5 Å². The first-order valence-corrected chi connectivity index (χ1v) is 4.91. The summed E-state index contributed by atoms with van der Waals surface area (Å²) in [6.45, 7) is 2.05. The fraction of sp³-hybridized carbons (Fsp3) is 0.250. The van der Waals surface area contributed by atoms with Crippen LogP contribution in [0.15, 0.2) is 24.4 Å². The zero-order chi connectivity index (χ0) is 11.0. The highest BCUT2D eigenvalue weighted by molar-refractivity contribution is 5.98. The van der Waals surface area contributed by atoms with Gasteiger partial charge in [0.05, 0.1) is 0 Å². The van der Waals surface area contributed by atoms with Crippen LogP contribution in [0, 0.1) is 6.92 Å². The van der Waals surface area contributed by atoms with E-state index < -0.39 is 0 Å². The van der Waals surface area contributed by atoms with Crippen LogP contribution in [0.1, 0.15) is 15.9 Å². The van der Waals surface area contributed by atoms with E-state index in [0.29, 0.717) is 5.56 Å². The Morgan fingerprint density at radius 3 is 2.80 bits per heavy atom. The van der Waals surface area contributed by atoms with Gasteiger partial charge in [0.1, 0.15) is 0 Å². The average molecular weight is 202 g/mol. The van der Waals surface area contributed by atoms with Gasteiger partial charge in [-0.25, -0.2) is 0 Å². The SMILES string of the molecule is CNC(=O)c1ccc2c(c1)c(C)cn2C. The molecule has 3 nitrogen and oxygen atoms in total. The van der Waals surface area contributed by atoms with Crippen molar-refractivity contribution in [2.75, 3.05) is 7.05 Å². The van der Waals surface area contributed by atoms with Crippen LogP contribution >= 0.6 is 0 Å². The van der Waals surface area contributed by atoms with Crippen LogP contribution in [-0.4, -0.2) is 17.5 Å². The summed E-state index contributed by atoms with van der Waals surface area (Å²) in [5, 5.41) is 3.76. The highest BCUT2D eigenvalue weighted by Gasteiger charge is 2.07. The lowest BCUT2D eigenvalue weighted by Crippen LogP contribution is -2.17. The number of nitrogens with zero attached hydrogens (tertiary/aromatic N) is 1. The quantitative estimate of drug-likeness (QED) is 0.752. The predicted molar refractivity (Wildman–Crippen MR) is 61.0 cm³/mol. The average Bonchev–Trinajstić information content (AvgIpc) is 2.53. The minimum atomic E-state index is -0.0415. The topological polar surface area (TPSA) is 34.0 Å². The Morgan fingerprint density at radius 1 is 1.40 bits per heavy atom. The van der Waals surface area contributed by atoms with Crippen molar-refractivity contribution >= 4 is 16.8 Å². The van der Waals surface area contributed by atoms with Crippen molar-refractivity contribution in [3.8, 4) is 0 Å². The van der Waals surface area contributed by atoms with Gasteiger partial charge in [0.25, 0.3) is 5.91 Å². The molecule has 0 aliphatic rings. The molecule has 0 atom stereocenters. The van der Waals surface area contributed by atoms with Gasteiger partial charge in [0.2, 0.25) is 0 Å². The normalized spacial score (nSPS) is 10.6. The molecule has 1 N–H and O–H groups in total. The number of carbonyl (C=O) groups excluding carboxylic acids is 1. The van der Waals surface area contributed by atoms with Gasteiger partial charge in [-0.3, -0.25) is 4.79 Å². The second-order valence-corrected chi connectivity index (χ2v) is 3.73. The molecule has 2 rings (SSSR count). The van der Waals surface area contributed by atoms with Gasteiger partial charge in [0, 0.05) is 36.8 Å². The van der Waals surface area contributed by atoms with Crippen LogP contribution in [0.2, 0.25) is 0 Å². The molecule has 78 valence electrons. The number of hydrogen-bond donors (Lipinski definition) is 1.